The molecule has 0 radical (unpaired) electrons. The van der Waals surface area contributed by atoms with Gasteiger partial charge in [-0.3, -0.25) is 4.79 Å². The molecule has 1 amide bonds. The van der Waals surface area contributed by atoms with E-state index in [-0.39, 0.29) is 5.91 Å². The lowest BCUT2D eigenvalue weighted by molar-refractivity contribution is -0.132. The number of nitrogens with zero attached hydrogens (tertiary/aromatic N) is 1. The number of aliphatic hydroxyl groups is 1. The minimum Gasteiger partial charge on any atom is -0.388 e. The molecule has 2 aliphatic rings. The SMILES string of the molecule is CN(CC1(O)CCCC1)C(=O)CNCC1CC1. The number of nitrogens with one attached hydrogen (secondary N) is 1. The van der Waals surface area contributed by atoms with Crippen LogP contribution in [0.2, 0.25) is 0 Å². The van der Waals surface area contributed by atoms with E-state index in [4.69, 9.17) is 0 Å². The lowest BCUT2D eigenvalue weighted by Gasteiger charge is -2.28. The maximum absolute atomic E-state index is 11.8. The van der Waals surface area contributed by atoms with Crippen molar-refractivity contribution in [2.45, 2.75) is 44.1 Å². The second-order valence-electron chi connectivity index (χ2n) is 5.76. The van der Waals surface area contributed by atoms with Crippen LogP contribution in [0.25, 0.3) is 0 Å². The Balaban J connectivity index is 1.66. The van der Waals surface area contributed by atoms with Gasteiger partial charge in [0, 0.05) is 13.6 Å². The molecule has 0 aliphatic heterocycles. The summed E-state index contributed by atoms with van der Waals surface area (Å²) in [5.74, 6) is 0.887. The topological polar surface area (TPSA) is 52.6 Å². The summed E-state index contributed by atoms with van der Waals surface area (Å²) in [7, 11) is 1.79. The van der Waals surface area contributed by atoms with E-state index in [0.29, 0.717) is 13.1 Å². The zero-order chi connectivity index (χ0) is 12.3. The molecule has 2 aliphatic carbocycles. The molecular formula is C13H24N2O2. The highest BCUT2D eigenvalue weighted by Crippen LogP contribution is 2.30. The Hall–Kier alpha value is -0.610. The molecule has 0 spiro atoms. The number of hydrogen-bond acceptors (Lipinski definition) is 3. The Morgan fingerprint density at radius 2 is 2.06 bits per heavy atom. The van der Waals surface area contributed by atoms with Crippen molar-refractivity contribution in [2.75, 3.05) is 26.7 Å². The van der Waals surface area contributed by atoms with Crippen molar-refractivity contribution in [3.8, 4) is 0 Å². The zero-order valence-corrected chi connectivity index (χ0v) is 10.7. The summed E-state index contributed by atoms with van der Waals surface area (Å²) in [6.07, 6.45) is 6.44. The maximum atomic E-state index is 11.8. The van der Waals surface area contributed by atoms with Gasteiger partial charge in [-0.25, -0.2) is 0 Å². The van der Waals surface area contributed by atoms with Crippen LogP contribution in [0.5, 0.6) is 0 Å². The zero-order valence-electron chi connectivity index (χ0n) is 10.7. The van der Waals surface area contributed by atoms with Gasteiger partial charge in [0.1, 0.15) is 0 Å². The van der Waals surface area contributed by atoms with Crippen LogP contribution in [0, 0.1) is 5.92 Å². The van der Waals surface area contributed by atoms with E-state index in [9.17, 15) is 9.90 Å². The minimum atomic E-state index is -0.624. The summed E-state index contributed by atoms with van der Waals surface area (Å²) >= 11 is 0. The summed E-state index contributed by atoms with van der Waals surface area (Å²) in [5.41, 5.74) is -0.624. The van der Waals surface area contributed by atoms with Gasteiger partial charge < -0.3 is 15.3 Å². The molecule has 98 valence electrons. The van der Waals surface area contributed by atoms with Gasteiger partial charge in [0.2, 0.25) is 5.91 Å². The van der Waals surface area contributed by atoms with Crippen molar-refractivity contribution in [3.63, 3.8) is 0 Å². The van der Waals surface area contributed by atoms with Crippen molar-refractivity contribution in [1.29, 1.82) is 0 Å². The summed E-state index contributed by atoms with van der Waals surface area (Å²) in [6, 6.07) is 0. The fourth-order valence-electron chi connectivity index (χ4n) is 2.56. The maximum Gasteiger partial charge on any atom is 0.236 e. The molecule has 0 aromatic rings. The van der Waals surface area contributed by atoms with Gasteiger partial charge in [-0.1, -0.05) is 12.8 Å². The van der Waals surface area contributed by atoms with Gasteiger partial charge in [0.15, 0.2) is 0 Å². The Kier molecular flexibility index (Phi) is 4.05. The molecule has 2 N–H and O–H groups in total. The molecule has 0 aromatic carbocycles. The van der Waals surface area contributed by atoms with Gasteiger partial charge in [-0.15, -0.1) is 0 Å². The summed E-state index contributed by atoms with van der Waals surface area (Å²) in [5, 5.41) is 13.4. The van der Waals surface area contributed by atoms with Crippen LogP contribution >= 0.6 is 0 Å². The molecule has 0 atom stereocenters. The molecule has 4 nitrogen and oxygen atoms in total. The third-order valence-electron chi connectivity index (χ3n) is 3.90. The van der Waals surface area contributed by atoms with E-state index in [0.717, 1.165) is 38.1 Å². The third-order valence-corrected chi connectivity index (χ3v) is 3.90. The van der Waals surface area contributed by atoms with Crippen LogP contribution in [0.1, 0.15) is 38.5 Å². The van der Waals surface area contributed by atoms with E-state index < -0.39 is 5.60 Å². The fourth-order valence-corrected chi connectivity index (χ4v) is 2.56. The largest absolute Gasteiger partial charge is 0.388 e. The van der Waals surface area contributed by atoms with Gasteiger partial charge >= 0.3 is 0 Å². The van der Waals surface area contributed by atoms with Crippen LogP contribution in [0.15, 0.2) is 0 Å². The second kappa shape index (κ2) is 5.36. The average Bonchev–Trinajstić information content (AvgIpc) is 3.00. The lowest BCUT2D eigenvalue weighted by atomic mass is 10.0. The first-order chi connectivity index (χ1) is 8.09. The van der Waals surface area contributed by atoms with Crippen molar-refractivity contribution in [1.82, 2.24) is 10.2 Å². The molecule has 2 rings (SSSR count). The predicted molar refractivity (Wildman–Crippen MR) is 66.6 cm³/mol. The molecule has 0 bridgehead atoms. The van der Waals surface area contributed by atoms with Crippen molar-refractivity contribution in [2.24, 2.45) is 5.92 Å². The van der Waals surface area contributed by atoms with Crippen molar-refractivity contribution >= 4 is 5.91 Å². The molecule has 0 saturated heterocycles. The molecule has 0 aromatic heterocycles. The molecule has 0 unspecified atom stereocenters. The lowest BCUT2D eigenvalue weighted by Crippen LogP contribution is -2.45. The fraction of sp³-hybridized carbons (Fsp3) is 0.923. The van der Waals surface area contributed by atoms with Gasteiger partial charge in [-0.05, 0) is 38.1 Å². The molecule has 4 heteroatoms. The van der Waals surface area contributed by atoms with Crippen LogP contribution in [0.4, 0.5) is 0 Å². The number of carbonyl (C=O) groups is 1. The minimum absolute atomic E-state index is 0.0889. The van der Waals surface area contributed by atoms with Gasteiger partial charge in [0.25, 0.3) is 0 Å². The third kappa shape index (κ3) is 3.96. The summed E-state index contributed by atoms with van der Waals surface area (Å²) in [4.78, 5) is 13.5. The van der Waals surface area contributed by atoms with Crippen LogP contribution in [-0.2, 0) is 4.79 Å². The predicted octanol–water partition coefficient (Wildman–Crippen LogP) is 0.749. The first kappa shape index (κ1) is 12.8. The first-order valence-electron chi connectivity index (χ1n) is 6.76. The number of likely N-dealkylation sites (N-methyl/N-ethyl adjacent to an activating group) is 1. The van der Waals surface area contributed by atoms with Crippen molar-refractivity contribution in [3.05, 3.63) is 0 Å². The standard InChI is InChI=1S/C13H24N2O2/c1-15(10-13(17)6-2-3-7-13)12(16)9-14-8-11-4-5-11/h11,14,17H,2-10H2,1H3. The highest BCUT2D eigenvalue weighted by atomic mass is 16.3. The van der Waals surface area contributed by atoms with E-state index in [1.54, 1.807) is 11.9 Å². The molecular weight excluding hydrogens is 216 g/mol. The van der Waals surface area contributed by atoms with E-state index >= 15 is 0 Å². The average molecular weight is 240 g/mol. The van der Waals surface area contributed by atoms with E-state index in [1.165, 1.54) is 12.8 Å². The van der Waals surface area contributed by atoms with E-state index in [1.807, 2.05) is 0 Å². The Bertz CT molecular complexity index is 271. The summed E-state index contributed by atoms with van der Waals surface area (Å²) < 4.78 is 0. The smallest absolute Gasteiger partial charge is 0.236 e. The van der Waals surface area contributed by atoms with Crippen LogP contribution in [0.3, 0.4) is 0 Å². The molecule has 2 saturated carbocycles. The molecule has 2 fully saturated rings. The van der Waals surface area contributed by atoms with Crippen LogP contribution in [-0.4, -0.2) is 48.2 Å². The molecule has 17 heavy (non-hydrogen) atoms. The molecule has 0 heterocycles. The normalized spacial score (nSPS) is 22.7. The van der Waals surface area contributed by atoms with E-state index in [2.05, 4.69) is 5.32 Å². The first-order valence-corrected chi connectivity index (χ1v) is 6.76. The van der Waals surface area contributed by atoms with Gasteiger partial charge in [0.05, 0.1) is 12.1 Å². The number of carbonyl (C=O) groups excluding carboxylic acids is 1. The number of amides is 1. The highest BCUT2D eigenvalue weighted by Gasteiger charge is 2.33. The second-order valence-corrected chi connectivity index (χ2v) is 5.76. The number of rotatable bonds is 6. The Morgan fingerprint density at radius 1 is 1.41 bits per heavy atom. The number of hydrogen-bond donors (Lipinski definition) is 2. The van der Waals surface area contributed by atoms with Gasteiger partial charge in [-0.2, -0.15) is 0 Å². The Morgan fingerprint density at radius 3 is 2.65 bits per heavy atom. The quantitative estimate of drug-likeness (QED) is 0.720. The van der Waals surface area contributed by atoms with Crippen LogP contribution < -0.4 is 5.32 Å². The van der Waals surface area contributed by atoms with Crippen molar-refractivity contribution < 1.29 is 9.90 Å². The summed E-state index contributed by atoms with van der Waals surface area (Å²) in [6.45, 7) is 1.85. The highest BCUT2D eigenvalue weighted by molar-refractivity contribution is 5.78. The monoisotopic (exact) mass is 240 g/mol. The Labute approximate surface area is 103 Å².